The van der Waals surface area contributed by atoms with E-state index in [-0.39, 0.29) is 5.54 Å². The summed E-state index contributed by atoms with van der Waals surface area (Å²) >= 11 is 0. The number of rotatable bonds is 4. The maximum Gasteiger partial charge on any atom is 0.228 e. The molecule has 1 aromatic carbocycles. The molecule has 2 aromatic rings. The van der Waals surface area contributed by atoms with Crippen molar-refractivity contribution in [3.05, 3.63) is 41.7 Å². The van der Waals surface area contributed by atoms with Crippen molar-refractivity contribution in [1.82, 2.24) is 15.0 Å². The lowest BCUT2D eigenvalue weighted by Gasteiger charge is -2.20. The molecular formula is C15H21N5. The Morgan fingerprint density at radius 1 is 0.950 bits per heavy atom. The fourth-order valence-electron chi connectivity index (χ4n) is 1.73. The first kappa shape index (κ1) is 14.2. The van der Waals surface area contributed by atoms with Gasteiger partial charge in [0.1, 0.15) is 5.82 Å². The predicted molar refractivity (Wildman–Crippen MR) is 81.7 cm³/mol. The zero-order valence-corrected chi connectivity index (χ0v) is 12.4. The summed E-state index contributed by atoms with van der Waals surface area (Å²) in [5.41, 5.74) is 1.11. The Kier molecular flexibility index (Phi) is 4.17. The van der Waals surface area contributed by atoms with E-state index < -0.39 is 0 Å². The van der Waals surface area contributed by atoms with Gasteiger partial charge in [-0.3, -0.25) is 0 Å². The number of nitrogens with zero attached hydrogens (tertiary/aromatic N) is 3. The third-order valence-electron chi connectivity index (χ3n) is 2.53. The van der Waals surface area contributed by atoms with Gasteiger partial charge in [-0.2, -0.15) is 15.0 Å². The lowest BCUT2D eigenvalue weighted by molar-refractivity contribution is 0.624. The predicted octanol–water partition coefficient (Wildman–Crippen LogP) is 3.00. The maximum atomic E-state index is 4.39. The fraction of sp³-hybridized carbons (Fsp3) is 0.400. The highest BCUT2D eigenvalue weighted by Gasteiger charge is 2.12. The number of hydrogen-bond acceptors (Lipinski definition) is 5. The largest absolute Gasteiger partial charge is 0.350 e. The molecule has 0 atom stereocenters. The van der Waals surface area contributed by atoms with E-state index in [1.165, 1.54) is 5.56 Å². The Morgan fingerprint density at radius 3 is 2.25 bits per heavy atom. The summed E-state index contributed by atoms with van der Waals surface area (Å²) in [5.74, 6) is 1.89. The Hall–Kier alpha value is -2.17. The van der Waals surface area contributed by atoms with E-state index in [4.69, 9.17) is 0 Å². The summed E-state index contributed by atoms with van der Waals surface area (Å²) < 4.78 is 0. The average molecular weight is 271 g/mol. The minimum atomic E-state index is -0.0789. The quantitative estimate of drug-likeness (QED) is 0.895. The second kappa shape index (κ2) is 5.86. The van der Waals surface area contributed by atoms with Gasteiger partial charge in [0.25, 0.3) is 0 Å². The van der Waals surface area contributed by atoms with Gasteiger partial charge in [0, 0.05) is 12.1 Å². The third kappa shape index (κ3) is 4.50. The van der Waals surface area contributed by atoms with E-state index in [9.17, 15) is 0 Å². The molecule has 0 amide bonds. The van der Waals surface area contributed by atoms with Crippen LogP contribution in [0.25, 0.3) is 0 Å². The van der Waals surface area contributed by atoms with Gasteiger partial charge < -0.3 is 10.6 Å². The average Bonchev–Trinajstić information content (AvgIpc) is 2.35. The molecule has 0 aliphatic heterocycles. The highest BCUT2D eigenvalue weighted by molar-refractivity contribution is 5.36. The summed E-state index contributed by atoms with van der Waals surface area (Å²) in [6.45, 7) is 8.78. The van der Waals surface area contributed by atoms with E-state index in [1.807, 2.05) is 25.1 Å². The zero-order chi connectivity index (χ0) is 14.6. The molecule has 2 N–H and O–H groups in total. The lowest BCUT2D eigenvalue weighted by Crippen LogP contribution is -2.27. The van der Waals surface area contributed by atoms with Crippen LogP contribution in [0.1, 0.15) is 32.2 Å². The summed E-state index contributed by atoms with van der Waals surface area (Å²) in [5, 5.41) is 6.48. The van der Waals surface area contributed by atoms with Crippen molar-refractivity contribution in [1.29, 1.82) is 0 Å². The highest BCUT2D eigenvalue weighted by atomic mass is 15.2. The van der Waals surface area contributed by atoms with E-state index in [2.05, 4.69) is 58.5 Å². The fourth-order valence-corrected chi connectivity index (χ4v) is 1.73. The van der Waals surface area contributed by atoms with E-state index in [0.717, 1.165) is 0 Å². The Bertz CT molecular complexity index is 560. The summed E-state index contributed by atoms with van der Waals surface area (Å²) in [7, 11) is 0. The van der Waals surface area contributed by atoms with Crippen LogP contribution >= 0.6 is 0 Å². The van der Waals surface area contributed by atoms with Crippen molar-refractivity contribution < 1.29 is 0 Å². The molecule has 1 aromatic heterocycles. The maximum absolute atomic E-state index is 4.39. The molecule has 0 saturated carbocycles. The van der Waals surface area contributed by atoms with Gasteiger partial charge in [-0.15, -0.1) is 0 Å². The monoisotopic (exact) mass is 271 g/mol. The Balaban J connectivity index is 2.08. The van der Waals surface area contributed by atoms with Crippen molar-refractivity contribution in [2.75, 3.05) is 10.6 Å². The number of anilines is 2. The number of aryl methyl sites for hydroxylation is 1. The van der Waals surface area contributed by atoms with Crippen molar-refractivity contribution >= 4 is 11.9 Å². The van der Waals surface area contributed by atoms with E-state index >= 15 is 0 Å². The van der Waals surface area contributed by atoms with Crippen LogP contribution in [0, 0.1) is 6.92 Å². The lowest BCUT2D eigenvalue weighted by atomic mass is 10.1. The molecular weight excluding hydrogens is 250 g/mol. The van der Waals surface area contributed by atoms with Crippen LogP contribution in [0.15, 0.2) is 30.3 Å². The Morgan fingerprint density at radius 2 is 1.60 bits per heavy atom. The summed E-state index contributed by atoms with van der Waals surface area (Å²) in [6, 6.07) is 10.2. The van der Waals surface area contributed by atoms with Crippen molar-refractivity contribution in [2.24, 2.45) is 0 Å². The molecule has 0 aliphatic carbocycles. The third-order valence-corrected chi connectivity index (χ3v) is 2.53. The van der Waals surface area contributed by atoms with E-state index in [0.29, 0.717) is 24.3 Å². The van der Waals surface area contributed by atoms with Gasteiger partial charge in [-0.1, -0.05) is 30.3 Å². The molecule has 0 radical (unpaired) electrons. The normalized spacial score (nSPS) is 11.2. The number of aromatic nitrogens is 3. The number of benzene rings is 1. The van der Waals surface area contributed by atoms with Gasteiger partial charge in [-0.25, -0.2) is 0 Å². The van der Waals surface area contributed by atoms with Crippen LogP contribution in [0.5, 0.6) is 0 Å². The SMILES string of the molecule is Cc1nc(NCc2ccccc2)nc(NC(C)(C)C)n1. The minimum absolute atomic E-state index is 0.0789. The molecule has 1 heterocycles. The van der Waals surface area contributed by atoms with Gasteiger partial charge >= 0.3 is 0 Å². The summed E-state index contributed by atoms with van der Waals surface area (Å²) in [4.78, 5) is 13.0. The van der Waals surface area contributed by atoms with Crippen LogP contribution in [-0.2, 0) is 6.54 Å². The molecule has 2 rings (SSSR count). The van der Waals surface area contributed by atoms with Crippen LogP contribution in [-0.4, -0.2) is 20.5 Å². The van der Waals surface area contributed by atoms with Crippen molar-refractivity contribution in [3.63, 3.8) is 0 Å². The first-order valence-electron chi connectivity index (χ1n) is 6.71. The van der Waals surface area contributed by atoms with Crippen LogP contribution in [0.2, 0.25) is 0 Å². The molecule has 0 unspecified atom stereocenters. The molecule has 20 heavy (non-hydrogen) atoms. The van der Waals surface area contributed by atoms with Gasteiger partial charge in [0.15, 0.2) is 0 Å². The highest BCUT2D eigenvalue weighted by Crippen LogP contribution is 2.12. The van der Waals surface area contributed by atoms with Gasteiger partial charge in [0.05, 0.1) is 0 Å². The minimum Gasteiger partial charge on any atom is -0.350 e. The smallest absolute Gasteiger partial charge is 0.228 e. The van der Waals surface area contributed by atoms with E-state index in [1.54, 1.807) is 0 Å². The van der Waals surface area contributed by atoms with Gasteiger partial charge in [0.2, 0.25) is 11.9 Å². The zero-order valence-electron chi connectivity index (χ0n) is 12.4. The first-order valence-corrected chi connectivity index (χ1v) is 6.71. The Labute approximate surface area is 119 Å². The second-order valence-electron chi connectivity index (χ2n) is 5.74. The molecule has 0 spiro atoms. The second-order valence-corrected chi connectivity index (χ2v) is 5.74. The van der Waals surface area contributed by atoms with Crippen molar-refractivity contribution in [3.8, 4) is 0 Å². The summed E-state index contributed by atoms with van der Waals surface area (Å²) in [6.07, 6.45) is 0. The van der Waals surface area contributed by atoms with Crippen LogP contribution < -0.4 is 10.6 Å². The number of nitrogens with one attached hydrogen (secondary N) is 2. The molecule has 5 nitrogen and oxygen atoms in total. The first-order chi connectivity index (χ1) is 9.42. The van der Waals surface area contributed by atoms with Crippen LogP contribution in [0.3, 0.4) is 0 Å². The topological polar surface area (TPSA) is 62.7 Å². The molecule has 0 bridgehead atoms. The van der Waals surface area contributed by atoms with Gasteiger partial charge in [-0.05, 0) is 33.3 Å². The molecule has 0 fully saturated rings. The molecule has 0 aliphatic rings. The van der Waals surface area contributed by atoms with Crippen molar-refractivity contribution in [2.45, 2.75) is 39.8 Å². The molecule has 106 valence electrons. The molecule has 5 heteroatoms. The van der Waals surface area contributed by atoms with Crippen LogP contribution in [0.4, 0.5) is 11.9 Å². The number of hydrogen-bond donors (Lipinski definition) is 2. The standard InChI is InChI=1S/C15H21N5/c1-11-17-13(16-10-12-8-6-5-7-9-12)19-14(18-11)20-15(2,3)4/h5-9H,10H2,1-4H3,(H2,16,17,18,19,20). The molecule has 0 saturated heterocycles.